The second-order valence-electron chi connectivity index (χ2n) is 6.27. The Kier molecular flexibility index (Phi) is 6.02. The van der Waals surface area contributed by atoms with Gasteiger partial charge in [-0.1, -0.05) is 12.1 Å². The molecule has 1 amide bonds. The highest BCUT2D eigenvalue weighted by Gasteiger charge is 2.16. The van der Waals surface area contributed by atoms with Crippen LogP contribution >= 0.6 is 0 Å². The van der Waals surface area contributed by atoms with Crippen molar-refractivity contribution in [3.63, 3.8) is 0 Å². The molecule has 0 unspecified atom stereocenters. The Labute approximate surface area is 137 Å². The summed E-state index contributed by atoms with van der Waals surface area (Å²) in [5.41, 5.74) is 2.24. The molecule has 0 aromatic heterocycles. The quantitative estimate of drug-likeness (QED) is 0.885. The Morgan fingerprint density at radius 2 is 1.83 bits per heavy atom. The number of carbonyl (C=O) groups is 1. The Morgan fingerprint density at radius 3 is 2.61 bits per heavy atom. The number of ether oxygens (including phenoxy) is 2. The molecule has 23 heavy (non-hydrogen) atoms. The summed E-state index contributed by atoms with van der Waals surface area (Å²) in [7, 11) is 0. The van der Waals surface area contributed by atoms with Gasteiger partial charge in [0.15, 0.2) is 0 Å². The molecule has 2 heterocycles. The van der Waals surface area contributed by atoms with Gasteiger partial charge in [-0.2, -0.15) is 0 Å². The lowest BCUT2D eigenvalue weighted by Gasteiger charge is -2.26. The van der Waals surface area contributed by atoms with Crippen LogP contribution in [0.2, 0.25) is 0 Å². The van der Waals surface area contributed by atoms with E-state index >= 15 is 0 Å². The topological polar surface area (TPSA) is 50.8 Å². The van der Waals surface area contributed by atoms with Crippen LogP contribution in [0.5, 0.6) is 0 Å². The number of benzene rings is 1. The molecule has 0 spiro atoms. The van der Waals surface area contributed by atoms with E-state index in [1.807, 2.05) is 12.1 Å². The van der Waals surface area contributed by atoms with Crippen LogP contribution in [-0.4, -0.2) is 56.4 Å². The van der Waals surface area contributed by atoms with Crippen LogP contribution < -0.4 is 5.32 Å². The van der Waals surface area contributed by atoms with Gasteiger partial charge in [0.2, 0.25) is 5.91 Å². The summed E-state index contributed by atoms with van der Waals surface area (Å²) in [6, 6.07) is 9.47. The molecule has 125 valence electrons. The van der Waals surface area contributed by atoms with E-state index in [2.05, 4.69) is 22.3 Å². The monoisotopic (exact) mass is 317 g/mol. The van der Waals surface area contributed by atoms with Gasteiger partial charge >= 0.3 is 0 Å². The van der Waals surface area contributed by atoms with Gasteiger partial charge in [0.1, 0.15) is 0 Å². The van der Waals surface area contributed by atoms with Gasteiger partial charge in [-0.25, -0.2) is 0 Å². The zero-order valence-electron chi connectivity index (χ0n) is 13.6. The highest BCUT2D eigenvalue weighted by molar-refractivity contribution is 5.78. The molecule has 1 radical (unpaired) electrons. The third-order valence-electron chi connectivity index (χ3n) is 4.37. The standard InChI is InChI=1S/C18H25N2O3/c21-18(19-17-4-8-22-9-5-17)13-15-2-1-3-16(12-15)14-20-6-10-23-11-7-20/h2-3,12,17H,4-11,13-14H2,(H,19,21). The molecule has 0 bridgehead atoms. The van der Waals surface area contributed by atoms with Gasteiger partial charge < -0.3 is 14.8 Å². The molecule has 2 aliphatic rings. The average Bonchev–Trinajstić information content (AvgIpc) is 2.57. The van der Waals surface area contributed by atoms with Gasteiger partial charge in [0.25, 0.3) is 0 Å². The number of amides is 1. The number of carbonyl (C=O) groups excluding carboxylic acids is 1. The van der Waals surface area contributed by atoms with Crippen molar-refractivity contribution in [3.8, 4) is 0 Å². The molecular weight excluding hydrogens is 292 g/mol. The molecule has 0 aliphatic carbocycles. The Balaban J connectivity index is 1.50. The highest BCUT2D eigenvalue weighted by Crippen LogP contribution is 2.11. The van der Waals surface area contributed by atoms with Crippen LogP contribution in [0, 0.1) is 6.07 Å². The molecule has 1 aromatic carbocycles. The summed E-state index contributed by atoms with van der Waals surface area (Å²) in [6.07, 6.45) is 2.24. The van der Waals surface area contributed by atoms with Crippen LogP contribution in [0.25, 0.3) is 0 Å². The predicted octanol–water partition coefficient (Wildman–Crippen LogP) is 1.16. The molecule has 0 atom stereocenters. The number of nitrogens with zero attached hydrogens (tertiary/aromatic N) is 1. The molecule has 1 aromatic rings. The fraction of sp³-hybridized carbons (Fsp3) is 0.611. The molecule has 3 rings (SSSR count). The minimum atomic E-state index is 0.0915. The van der Waals surface area contributed by atoms with Crippen LogP contribution in [0.4, 0.5) is 0 Å². The lowest BCUT2D eigenvalue weighted by molar-refractivity contribution is -0.121. The minimum Gasteiger partial charge on any atom is -0.381 e. The maximum absolute atomic E-state index is 12.2. The maximum Gasteiger partial charge on any atom is 0.224 e. The molecule has 5 heteroatoms. The first-order valence-corrected chi connectivity index (χ1v) is 8.46. The third-order valence-corrected chi connectivity index (χ3v) is 4.37. The van der Waals surface area contributed by atoms with Gasteiger partial charge in [0, 0.05) is 38.9 Å². The van der Waals surface area contributed by atoms with Gasteiger partial charge in [-0.05, 0) is 36.1 Å². The van der Waals surface area contributed by atoms with Gasteiger partial charge in [-0.15, -0.1) is 0 Å². The van der Waals surface area contributed by atoms with Crippen molar-refractivity contribution >= 4 is 5.91 Å². The number of nitrogens with one attached hydrogen (secondary N) is 1. The van der Waals surface area contributed by atoms with Crippen molar-refractivity contribution in [1.82, 2.24) is 10.2 Å². The van der Waals surface area contributed by atoms with Crippen LogP contribution in [0.1, 0.15) is 24.0 Å². The minimum absolute atomic E-state index is 0.0915. The second-order valence-corrected chi connectivity index (χ2v) is 6.27. The van der Waals surface area contributed by atoms with Crippen molar-refractivity contribution in [2.24, 2.45) is 0 Å². The predicted molar refractivity (Wildman–Crippen MR) is 87.1 cm³/mol. The van der Waals surface area contributed by atoms with E-state index in [9.17, 15) is 4.79 Å². The number of morpholine rings is 1. The van der Waals surface area contributed by atoms with Gasteiger partial charge in [0.05, 0.1) is 19.6 Å². The number of rotatable bonds is 5. The molecular formula is C18H25N2O3. The van der Waals surface area contributed by atoms with E-state index in [1.54, 1.807) is 0 Å². The van der Waals surface area contributed by atoms with Crippen molar-refractivity contribution in [2.45, 2.75) is 31.8 Å². The second kappa shape index (κ2) is 8.43. The van der Waals surface area contributed by atoms with E-state index in [4.69, 9.17) is 9.47 Å². The normalized spacial score (nSPS) is 20.3. The van der Waals surface area contributed by atoms with Crippen molar-refractivity contribution < 1.29 is 14.3 Å². The molecule has 5 nitrogen and oxygen atoms in total. The van der Waals surface area contributed by atoms with E-state index in [-0.39, 0.29) is 11.9 Å². The summed E-state index contributed by atoms with van der Waals surface area (Å²) < 4.78 is 10.7. The van der Waals surface area contributed by atoms with Crippen LogP contribution in [0.15, 0.2) is 18.2 Å². The largest absolute Gasteiger partial charge is 0.381 e. The summed E-state index contributed by atoms with van der Waals surface area (Å²) >= 11 is 0. The molecule has 2 fully saturated rings. The zero-order valence-corrected chi connectivity index (χ0v) is 13.6. The SMILES string of the molecule is O=C(Cc1c[c]cc(CN2CCOCC2)c1)NC1CCOCC1. The zero-order chi connectivity index (χ0) is 15.9. The van der Waals surface area contributed by atoms with E-state index < -0.39 is 0 Å². The molecule has 1 N–H and O–H groups in total. The van der Waals surface area contributed by atoms with E-state index in [0.717, 1.165) is 64.5 Å². The van der Waals surface area contributed by atoms with Crippen molar-refractivity contribution in [1.29, 1.82) is 0 Å². The highest BCUT2D eigenvalue weighted by atomic mass is 16.5. The first-order chi connectivity index (χ1) is 11.3. The Morgan fingerprint density at radius 1 is 1.13 bits per heavy atom. The third kappa shape index (κ3) is 5.30. The van der Waals surface area contributed by atoms with Crippen LogP contribution in [0.3, 0.4) is 0 Å². The molecule has 2 saturated heterocycles. The Bertz CT molecular complexity index is 509. The number of hydrogen-bond acceptors (Lipinski definition) is 4. The Hall–Kier alpha value is -1.43. The molecule has 2 aliphatic heterocycles. The summed E-state index contributed by atoms with van der Waals surface area (Å²) in [5, 5.41) is 3.11. The van der Waals surface area contributed by atoms with Crippen molar-refractivity contribution in [2.75, 3.05) is 39.5 Å². The lowest BCUT2D eigenvalue weighted by atomic mass is 10.1. The van der Waals surface area contributed by atoms with E-state index in [1.165, 1.54) is 5.56 Å². The fourth-order valence-electron chi connectivity index (χ4n) is 3.09. The molecule has 0 saturated carbocycles. The van der Waals surface area contributed by atoms with Gasteiger partial charge in [-0.3, -0.25) is 9.69 Å². The summed E-state index contributed by atoms with van der Waals surface area (Å²) in [6.45, 7) is 5.92. The lowest BCUT2D eigenvalue weighted by Crippen LogP contribution is -2.39. The maximum atomic E-state index is 12.2. The van der Waals surface area contributed by atoms with Crippen LogP contribution in [-0.2, 0) is 27.2 Å². The summed E-state index contributed by atoms with van der Waals surface area (Å²) in [4.78, 5) is 14.6. The smallest absolute Gasteiger partial charge is 0.224 e. The van der Waals surface area contributed by atoms with E-state index in [0.29, 0.717) is 6.42 Å². The summed E-state index contributed by atoms with van der Waals surface area (Å²) in [5.74, 6) is 0.0915. The first-order valence-electron chi connectivity index (χ1n) is 8.46. The first kappa shape index (κ1) is 16.4. The fourth-order valence-corrected chi connectivity index (χ4v) is 3.09. The average molecular weight is 317 g/mol. The number of hydrogen-bond donors (Lipinski definition) is 1. The van der Waals surface area contributed by atoms with Crippen molar-refractivity contribution in [3.05, 3.63) is 35.4 Å².